The number of hydrogen-bond acceptors (Lipinski definition) is 4. The van der Waals surface area contributed by atoms with E-state index in [1.165, 1.54) is 12.1 Å². The molecule has 124 valence electrons. The second-order valence-electron chi connectivity index (χ2n) is 4.95. The first-order valence-corrected chi connectivity index (χ1v) is 7.33. The zero-order valence-corrected chi connectivity index (χ0v) is 13.0. The lowest BCUT2D eigenvalue weighted by molar-refractivity contribution is -0.136. The number of nitrogens with one attached hydrogen (secondary N) is 2. The normalized spacial score (nSPS) is 11.9. The Labute approximate surface area is 141 Å². The predicted octanol–water partition coefficient (Wildman–Crippen LogP) is 2.46. The van der Waals surface area contributed by atoms with Crippen LogP contribution in [0.2, 0.25) is 5.02 Å². The number of anilines is 1. The van der Waals surface area contributed by atoms with Gasteiger partial charge < -0.3 is 20.1 Å². The number of fused-ring (bicyclic) bond motifs is 1. The summed E-state index contributed by atoms with van der Waals surface area (Å²) in [4.78, 5) is 23.6. The molecule has 0 fully saturated rings. The fourth-order valence-corrected chi connectivity index (χ4v) is 2.24. The van der Waals surface area contributed by atoms with Crippen molar-refractivity contribution in [1.82, 2.24) is 5.32 Å². The molecule has 24 heavy (non-hydrogen) atoms. The first kappa shape index (κ1) is 16.1. The summed E-state index contributed by atoms with van der Waals surface area (Å²) < 4.78 is 24.0. The summed E-state index contributed by atoms with van der Waals surface area (Å²) in [5.74, 6) is -1.38. The fourth-order valence-electron chi connectivity index (χ4n) is 2.08. The number of rotatable bonds is 3. The second kappa shape index (κ2) is 6.76. The fraction of sp³-hybridized carbons (Fsp3) is 0.125. The summed E-state index contributed by atoms with van der Waals surface area (Å²) in [6.45, 7) is 0.270. The number of hydrogen-bond donors (Lipinski definition) is 2. The van der Waals surface area contributed by atoms with E-state index in [0.717, 1.165) is 11.6 Å². The molecule has 3 rings (SSSR count). The van der Waals surface area contributed by atoms with Crippen LogP contribution in [0, 0.1) is 5.82 Å². The van der Waals surface area contributed by atoms with Crippen LogP contribution in [-0.2, 0) is 16.1 Å². The van der Waals surface area contributed by atoms with Crippen LogP contribution in [0.3, 0.4) is 0 Å². The number of carbonyl (C=O) groups is 2. The quantitative estimate of drug-likeness (QED) is 0.834. The number of ether oxygens (including phenoxy) is 2. The van der Waals surface area contributed by atoms with Crippen molar-refractivity contribution in [3.8, 4) is 11.5 Å². The highest BCUT2D eigenvalue weighted by Gasteiger charge is 2.17. The third kappa shape index (κ3) is 3.57. The monoisotopic (exact) mass is 350 g/mol. The van der Waals surface area contributed by atoms with E-state index < -0.39 is 17.6 Å². The van der Waals surface area contributed by atoms with Gasteiger partial charge in [-0.3, -0.25) is 9.59 Å². The second-order valence-corrected chi connectivity index (χ2v) is 5.39. The van der Waals surface area contributed by atoms with Gasteiger partial charge in [0.15, 0.2) is 11.5 Å². The molecular weight excluding hydrogens is 339 g/mol. The number of benzene rings is 2. The molecule has 1 aliphatic heterocycles. The Hall–Kier alpha value is -2.80. The van der Waals surface area contributed by atoms with Gasteiger partial charge in [-0.2, -0.15) is 0 Å². The highest BCUT2D eigenvalue weighted by Crippen LogP contribution is 2.32. The molecule has 8 heteroatoms. The highest BCUT2D eigenvalue weighted by molar-refractivity contribution is 6.39. The van der Waals surface area contributed by atoms with Gasteiger partial charge in [0.05, 0.1) is 5.69 Å². The molecule has 6 nitrogen and oxygen atoms in total. The van der Waals surface area contributed by atoms with Crippen LogP contribution >= 0.6 is 11.6 Å². The molecular formula is C16H12ClFN2O4. The molecule has 1 heterocycles. The molecule has 2 aromatic rings. The minimum atomic E-state index is -0.975. The first-order chi connectivity index (χ1) is 11.5. The summed E-state index contributed by atoms with van der Waals surface area (Å²) in [5.41, 5.74) is 0.612. The molecule has 2 amide bonds. The maximum Gasteiger partial charge on any atom is 0.313 e. The van der Waals surface area contributed by atoms with Crippen molar-refractivity contribution < 1.29 is 23.5 Å². The third-order valence-corrected chi connectivity index (χ3v) is 3.51. The van der Waals surface area contributed by atoms with Gasteiger partial charge in [-0.1, -0.05) is 17.7 Å². The van der Waals surface area contributed by atoms with E-state index in [-0.39, 0.29) is 24.0 Å². The van der Waals surface area contributed by atoms with E-state index in [0.29, 0.717) is 11.5 Å². The van der Waals surface area contributed by atoms with Crippen molar-refractivity contribution in [3.63, 3.8) is 0 Å². The molecule has 0 saturated carbocycles. The van der Waals surface area contributed by atoms with Crippen LogP contribution in [0.25, 0.3) is 0 Å². The van der Waals surface area contributed by atoms with Gasteiger partial charge in [-0.05, 0) is 35.9 Å². The first-order valence-electron chi connectivity index (χ1n) is 6.95. The molecule has 0 atom stereocenters. The maximum atomic E-state index is 13.6. The van der Waals surface area contributed by atoms with Crippen LogP contribution in [0.15, 0.2) is 36.4 Å². The Morgan fingerprint density at radius 2 is 1.88 bits per heavy atom. The van der Waals surface area contributed by atoms with Crippen molar-refractivity contribution in [1.29, 1.82) is 0 Å². The van der Waals surface area contributed by atoms with E-state index >= 15 is 0 Å². The van der Waals surface area contributed by atoms with E-state index in [2.05, 4.69) is 10.6 Å². The Kier molecular flexibility index (Phi) is 4.52. The van der Waals surface area contributed by atoms with E-state index in [1.807, 2.05) is 0 Å². The minimum Gasteiger partial charge on any atom is -0.454 e. The van der Waals surface area contributed by atoms with Crippen LogP contribution in [0.4, 0.5) is 10.1 Å². The Morgan fingerprint density at radius 1 is 1.08 bits per heavy atom. The Bertz CT molecular complexity index is 813. The molecule has 0 aromatic heterocycles. The van der Waals surface area contributed by atoms with Gasteiger partial charge >= 0.3 is 11.8 Å². The molecule has 2 aromatic carbocycles. The largest absolute Gasteiger partial charge is 0.454 e. The SMILES string of the molecule is O=C(NCc1ccc2c(c1)OCO2)C(=O)Nc1ccc(Cl)cc1F. The van der Waals surface area contributed by atoms with Gasteiger partial charge in [-0.25, -0.2) is 4.39 Å². The Balaban J connectivity index is 1.57. The maximum absolute atomic E-state index is 13.6. The van der Waals surface area contributed by atoms with Crippen LogP contribution in [0.1, 0.15) is 5.56 Å². The van der Waals surface area contributed by atoms with Crippen molar-refractivity contribution >= 4 is 29.1 Å². The molecule has 0 radical (unpaired) electrons. The molecule has 0 bridgehead atoms. The topological polar surface area (TPSA) is 76.7 Å². The molecule has 0 aliphatic carbocycles. The average molecular weight is 351 g/mol. The van der Waals surface area contributed by atoms with Crippen molar-refractivity contribution in [2.45, 2.75) is 6.54 Å². The molecule has 0 unspecified atom stereocenters. The highest BCUT2D eigenvalue weighted by atomic mass is 35.5. The molecule has 1 aliphatic rings. The van der Waals surface area contributed by atoms with Crippen molar-refractivity contribution in [3.05, 3.63) is 52.8 Å². The van der Waals surface area contributed by atoms with E-state index in [9.17, 15) is 14.0 Å². The lowest BCUT2D eigenvalue weighted by Crippen LogP contribution is -2.35. The smallest absolute Gasteiger partial charge is 0.313 e. The summed E-state index contributed by atoms with van der Waals surface area (Å²) in [6.07, 6.45) is 0. The van der Waals surface area contributed by atoms with E-state index in [1.54, 1.807) is 18.2 Å². The number of carbonyl (C=O) groups excluding carboxylic acids is 2. The van der Waals surface area contributed by atoms with Gasteiger partial charge in [-0.15, -0.1) is 0 Å². The van der Waals surface area contributed by atoms with Crippen LogP contribution < -0.4 is 20.1 Å². The number of amides is 2. The van der Waals surface area contributed by atoms with Gasteiger partial charge in [0.1, 0.15) is 5.82 Å². The van der Waals surface area contributed by atoms with Crippen molar-refractivity contribution in [2.75, 3.05) is 12.1 Å². The van der Waals surface area contributed by atoms with E-state index in [4.69, 9.17) is 21.1 Å². The third-order valence-electron chi connectivity index (χ3n) is 3.28. The average Bonchev–Trinajstić information content (AvgIpc) is 3.02. The summed E-state index contributed by atoms with van der Waals surface area (Å²) >= 11 is 5.62. The summed E-state index contributed by atoms with van der Waals surface area (Å²) in [7, 11) is 0. The lowest BCUT2D eigenvalue weighted by atomic mass is 10.2. The summed E-state index contributed by atoms with van der Waals surface area (Å²) in [6, 6.07) is 8.89. The zero-order valence-electron chi connectivity index (χ0n) is 12.3. The van der Waals surface area contributed by atoms with Gasteiger partial charge in [0.25, 0.3) is 0 Å². The Morgan fingerprint density at radius 3 is 2.67 bits per heavy atom. The summed E-state index contributed by atoms with van der Waals surface area (Å²) in [5, 5.41) is 4.82. The lowest BCUT2D eigenvalue weighted by Gasteiger charge is -2.08. The molecule has 0 saturated heterocycles. The standard InChI is InChI=1S/C16H12ClFN2O4/c17-10-2-3-12(11(18)6-10)20-16(22)15(21)19-7-9-1-4-13-14(5-9)24-8-23-13/h1-6H,7-8H2,(H,19,21)(H,20,22). The predicted molar refractivity (Wildman–Crippen MR) is 84.5 cm³/mol. The van der Waals surface area contributed by atoms with Gasteiger partial charge in [0.2, 0.25) is 6.79 Å². The van der Waals surface area contributed by atoms with Crippen LogP contribution in [-0.4, -0.2) is 18.6 Å². The van der Waals surface area contributed by atoms with Gasteiger partial charge in [0, 0.05) is 11.6 Å². The zero-order chi connectivity index (χ0) is 17.1. The van der Waals surface area contributed by atoms with Crippen LogP contribution in [0.5, 0.6) is 11.5 Å². The van der Waals surface area contributed by atoms with Crippen molar-refractivity contribution in [2.24, 2.45) is 0 Å². The number of halogens is 2. The molecule has 0 spiro atoms. The molecule has 2 N–H and O–H groups in total. The minimum absolute atomic E-state index is 0.117.